The number of hydrogen-bond acceptors (Lipinski definition) is 5. The summed E-state index contributed by atoms with van der Waals surface area (Å²) in [6.45, 7) is 0.703. The molecule has 0 bridgehead atoms. The third-order valence-corrected chi connectivity index (χ3v) is 6.79. The van der Waals surface area contributed by atoms with Gasteiger partial charge in [0.15, 0.2) is 0 Å². The highest BCUT2D eigenvalue weighted by Crippen LogP contribution is 2.36. The molecule has 0 radical (unpaired) electrons. The molecule has 3 aromatic heterocycles. The van der Waals surface area contributed by atoms with Crippen LogP contribution in [0.1, 0.15) is 12.5 Å². The van der Waals surface area contributed by atoms with Gasteiger partial charge in [-0.05, 0) is 49.4 Å². The number of nitrogens with one attached hydrogen (secondary N) is 1. The van der Waals surface area contributed by atoms with E-state index < -0.39 is 27.1 Å². The molecule has 7 nitrogen and oxygen atoms in total. The SMILES string of the molecule is CC(NS(=O)(=O)c1ccc(-c2c(C#N)c3cc(Cl)ccc3n2-c2ccccn2)nc1)C(F)(F)F. The highest BCUT2D eigenvalue weighted by molar-refractivity contribution is 7.89. The van der Waals surface area contributed by atoms with Gasteiger partial charge in [-0.3, -0.25) is 9.55 Å². The van der Waals surface area contributed by atoms with E-state index in [0.717, 1.165) is 12.3 Å². The van der Waals surface area contributed by atoms with Gasteiger partial charge in [0.2, 0.25) is 10.0 Å². The molecule has 0 aliphatic rings. The first-order valence-corrected chi connectivity index (χ1v) is 11.6. The minimum atomic E-state index is -4.74. The number of benzene rings is 1. The van der Waals surface area contributed by atoms with Crippen LogP contribution in [0.5, 0.6) is 0 Å². The maximum absolute atomic E-state index is 12.8. The zero-order valence-corrected chi connectivity index (χ0v) is 18.9. The molecule has 0 fully saturated rings. The number of nitrogens with zero attached hydrogens (tertiary/aromatic N) is 4. The number of halogens is 4. The second-order valence-corrected chi connectivity index (χ2v) is 9.43. The minimum absolute atomic E-state index is 0.220. The first-order valence-electron chi connectivity index (χ1n) is 9.74. The summed E-state index contributed by atoms with van der Waals surface area (Å²) in [5.41, 5.74) is 1.40. The highest BCUT2D eigenvalue weighted by atomic mass is 35.5. The molecule has 1 N–H and O–H groups in total. The smallest absolute Gasteiger partial charge is 0.291 e. The Labute approximate surface area is 197 Å². The molecule has 12 heteroatoms. The van der Waals surface area contributed by atoms with Crippen LogP contribution >= 0.6 is 11.6 Å². The van der Waals surface area contributed by atoms with Crippen LogP contribution in [0.15, 0.2) is 65.8 Å². The summed E-state index contributed by atoms with van der Waals surface area (Å²) >= 11 is 6.14. The summed E-state index contributed by atoms with van der Waals surface area (Å²) in [5.74, 6) is 0.477. The fourth-order valence-electron chi connectivity index (χ4n) is 3.39. The molecule has 0 aliphatic carbocycles. The van der Waals surface area contributed by atoms with Crippen LogP contribution < -0.4 is 4.72 Å². The quantitative estimate of drug-likeness (QED) is 0.418. The van der Waals surface area contributed by atoms with Crippen molar-refractivity contribution in [2.45, 2.75) is 24.0 Å². The lowest BCUT2D eigenvalue weighted by molar-refractivity contribution is -0.147. The van der Waals surface area contributed by atoms with Gasteiger partial charge in [0, 0.05) is 22.8 Å². The number of pyridine rings is 2. The van der Waals surface area contributed by atoms with Crippen molar-refractivity contribution in [3.63, 3.8) is 0 Å². The number of sulfonamides is 1. The zero-order chi connectivity index (χ0) is 24.7. The van der Waals surface area contributed by atoms with Crippen LogP contribution in [0.3, 0.4) is 0 Å². The van der Waals surface area contributed by atoms with Crippen molar-refractivity contribution in [3.05, 3.63) is 71.5 Å². The van der Waals surface area contributed by atoms with Gasteiger partial charge in [-0.1, -0.05) is 17.7 Å². The zero-order valence-electron chi connectivity index (χ0n) is 17.4. The Bertz CT molecular complexity index is 1510. The molecule has 0 aliphatic heterocycles. The largest absolute Gasteiger partial charge is 0.404 e. The van der Waals surface area contributed by atoms with Gasteiger partial charge in [-0.15, -0.1) is 0 Å². The molecule has 4 rings (SSSR count). The fraction of sp³-hybridized carbons (Fsp3) is 0.136. The van der Waals surface area contributed by atoms with E-state index in [1.54, 1.807) is 51.9 Å². The monoisotopic (exact) mass is 505 g/mol. The van der Waals surface area contributed by atoms with Crippen LogP contribution in [0, 0.1) is 11.3 Å². The molecule has 0 saturated carbocycles. The predicted octanol–water partition coefficient (Wildman–Crippen LogP) is 4.84. The van der Waals surface area contributed by atoms with Crippen LogP contribution in [-0.4, -0.2) is 35.2 Å². The lowest BCUT2D eigenvalue weighted by Gasteiger charge is -2.17. The van der Waals surface area contributed by atoms with Crippen molar-refractivity contribution in [3.8, 4) is 23.3 Å². The van der Waals surface area contributed by atoms with E-state index in [4.69, 9.17) is 11.6 Å². The van der Waals surface area contributed by atoms with Crippen molar-refractivity contribution in [1.82, 2.24) is 19.3 Å². The molecule has 34 heavy (non-hydrogen) atoms. The number of fused-ring (bicyclic) bond motifs is 1. The van der Waals surface area contributed by atoms with Crippen LogP contribution in [-0.2, 0) is 10.0 Å². The molecule has 3 heterocycles. The Morgan fingerprint density at radius 2 is 1.91 bits per heavy atom. The van der Waals surface area contributed by atoms with Crippen LogP contribution in [0.4, 0.5) is 13.2 Å². The lowest BCUT2D eigenvalue weighted by Crippen LogP contribution is -2.42. The summed E-state index contributed by atoms with van der Waals surface area (Å²) in [6.07, 6.45) is -2.23. The molecule has 1 unspecified atom stereocenters. The topological polar surface area (TPSA) is 101 Å². The van der Waals surface area contributed by atoms with Crippen molar-refractivity contribution in [1.29, 1.82) is 5.26 Å². The molecular weight excluding hydrogens is 491 g/mol. The van der Waals surface area contributed by atoms with Crippen LogP contribution in [0.2, 0.25) is 5.02 Å². The van der Waals surface area contributed by atoms with E-state index in [0.29, 0.717) is 34.4 Å². The second kappa shape index (κ2) is 8.72. The molecule has 4 aromatic rings. The van der Waals surface area contributed by atoms with E-state index in [1.807, 2.05) is 0 Å². The number of hydrogen-bond donors (Lipinski definition) is 1. The number of nitriles is 1. The van der Waals surface area contributed by atoms with Gasteiger partial charge >= 0.3 is 6.18 Å². The second-order valence-electron chi connectivity index (χ2n) is 7.28. The molecule has 0 spiro atoms. The van der Waals surface area contributed by atoms with Gasteiger partial charge in [-0.2, -0.15) is 23.2 Å². The molecule has 1 aromatic carbocycles. The van der Waals surface area contributed by atoms with Gasteiger partial charge in [-0.25, -0.2) is 13.4 Å². The van der Waals surface area contributed by atoms with E-state index in [-0.39, 0.29) is 11.3 Å². The first-order chi connectivity index (χ1) is 16.0. The third kappa shape index (κ3) is 4.35. The molecule has 174 valence electrons. The van der Waals surface area contributed by atoms with Gasteiger partial charge in [0.05, 0.1) is 22.5 Å². The van der Waals surface area contributed by atoms with Crippen molar-refractivity contribution < 1.29 is 21.6 Å². The van der Waals surface area contributed by atoms with Crippen molar-refractivity contribution in [2.75, 3.05) is 0 Å². The molecular formula is C22H15ClF3N5O2S. The van der Waals surface area contributed by atoms with E-state index in [2.05, 4.69) is 16.0 Å². The average Bonchev–Trinajstić information content (AvgIpc) is 3.12. The molecule has 0 amide bonds. The van der Waals surface area contributed by atoms with Crippen molar-refractivity contribution >= 4 is 32.5 Å². The summed E-state index contributed by atoms with van der Waals surface area (Å²) < 4.78 is 66.5. The summed E-state index contributed by atoms with van der Waals surface area (Å²) in [4.78, 5) is 8.06. The van der Waals surface area contributed by atoms with Gasteiger partial charge in [0.25, 0.3) is 0 Å². The molecule has 0 saturated heterocycles. The van der Waals surface area contributed by atoms with Gasteiger partial charge < -0.3 is 0 Å². The minimum Gasteiger partial charge on any atom is -0.291 e. The molecule has 1 atom stereocenters. The Morgan fingerprint density at radius 1 is 1.15 bits per heavy atom. The predicted molar refractivity (Wildman–Crippen MR) is 120 cm³/mol. The van der Waals surface area contributed by atoms with Gasteiger partial charge in [0.1, 0.15) is 22.8 Å². The third-order valence-electron chi connectivity index (χ3n) is 5.03. The summed E-state index contributed by atoms with van der Waals surface area (Å²) in [7, 11) is -4.48. The Morgan fingerprint density at radius 3 is 2.50 bits per heavy atom. The Kier molecular flexibility index (Phi) is 6.07. The lowest BCUT2D eigenvalue weighted by atomic mass is 10.1. The highest BCUT2D eigenvalue weighted by Gasteiger charge is 2.39. The maximum atomic E-state index is 12.8. The average molecular weight is 506 g/mol. The first kappa shape index (κ1) is 23.7. The number of aromatic nitrogens is 3. The van der Waals surface area contributed by atoms with E-state index in [1.165, 1.54) is 6.07 Å². The Balaban J connectivity index is 1.87. The fourth-order valence-corrected chi connectivity index (χ4v) is 4.74. The number of alkyl halides is 3. The maximum Gasteiger partial charge on any atom is 0.404 e. The number of rotatable bonds is 5. The summed E-state index contributed by atoms with van der Waals surface area (Å²) in [5, 5.41) is 10.9. The van der Waals surface area contributed by atoms with E-state index in [9.17, 15) is 26.9 Å². The Hall–Kier alpha value is -3.46. The van der Waals surface area contributed by atoms with Crippen LogP contribution in [0.25, 0.3) is 28.1 Å². The standard InChI is InChI=1S/C22H15ClF3N5O2S/c1-13(22(24,25)26)30-34(32,33)15-6-7-18(29-12-15)21-17(11-27)16-10-14(23)5-8-19(16)31(21)20-4-2-3-9-28-20/h2-10,12-13,30H,1H3. The van der Waals surface area contributed by atoms with E-state index >= 15 is 0 Å². The normalized spacial score (nSPS) is 13.1. The summed E-state index contributed by atoms with van der Waals surface area (Å²) in [6, 6.07) is 12.5. The van der Waals surface area contributed by atoms with Crippen molar-refractivity contribution in [2.24, 2.45) is 0 Å².